The maximum Gasteiger partial charge on any atom is 0.253 e. The van der Waals surface area contributed by atoms with E-state index in [0.29, 0.717) is 5.56 Å². The van der Waals surface area contributed by atoms with Gasteiger partial charge in [-0.3, -0.25) is 4.79 Å². The van der Waals surface area contributed by atoms with Crippen LogP contribution in [0.2, 0.25) is 0 Å². The van der Waals surface area contributed by atoms with Gasteiger partial charge in [-0.2, -0.15) is 0 Å². The molecule has 0 bridgehead atoms. The molecule has 138 valence electrons. The first kappa shape index (κ1) is 21.3. The molecule has 4 nitrogen and oxygen atoms in total. The second kappa shape index (κ2) is 9.24. The number of carbonyl (C=O) groups is 1. The minimum Gasteiger partial charge on any atom is -0.339 e. The lowest BCUT2D eigenvalue weighted by atomic mass is 10.1. The van der Waals surface area contributed by atoms with Crippen LogP contribution >= 0.6 is 63.0 Å². The van der Waals surface area contributed by atoms with Crippen molar-refractivity contribution in [2.45, 2.75) is 16.9 Å². The third-order valence-electron chi connectivity index (χ3n) is 3.39. The van der Waals surface area contributed by atoms with Gasteiger partial charge in [0, 0.05) is 10.0 Å². The highest BCUT2D eigenvalue weighted by atomic mass is 79.9. The van der Waals surface area contributed by atoms with Gasteiger partial charge in [-0.15, -0.1) is 0 Å². The summed E-state index contributed by atoms with van der Waals surface area (Å²) in [6, 6.07) is 14.5. The van der Waals surface area contributed by atoms with Gasteiger partial charge in [-0.25, -0.2) is 0 Å². The highest BCUT2D eigenvalue weighted by molar-refractivity contribution is 9.10. The van der Waals surface area contributed by atoms with E-state index in [-0.39, 0.29) is 11.0 Å². The second-order valence-corrected chi connectivity index (χ2v) is 8.97. The van der Waals surface area contributed by atoms with E-state index in [1.165, 1.54) is 0 Å². The lowest BCUT2D eigenvalue weighted by molar-refractivity contribution is 0.0934. The van der Waals surface area contributed by atoms with Crippen LogP contribution in [0.3, 0.4) is 0 Å². The number of hydrogen-bond acceptors (Lipinski definition) is 2. The topological polar surface area (TPSA) is 53.2 Å². The Hall–Kier alpha value is -1.05. The predicted octanol–water partition coefficient (Wildman–Crippen LogP) is 5.17. The van der Waals surface area contributed by atoms with Crippen LogP contribution in [0.5, 0.6) is 0 Å². The average Bonchev–Trinajstić information content (AvgIpc) is 2.56. The summed E-state index contributed by atoms with van der Waals surface area (Å²) in [6.45, 7) is 1.83. The highest BCUT2D eigenvalue weighted by Gasteiger charge is 2.35. The maximum absolute atomic E-state index is 12.5. The van der Waals surface area contributed by atoms with Gasteiger partial charge in [0.25, 0.3) is 5.91 Å². The minimum atomic E-state index is -1.82. The fraction of sp³-hybridized carbons (Fsp3) is 0.176. The molecule has 3 N–H and O–H groups in total. The molecule has 26 heavy (non-hydrogen) atoms. The Labute approximate surface area is 180 Å². The normalized spacial score (nSPS) is 12.2. The number of thiocarbonyl (C=S) groups is 1. The van der Waals surface area contributed by atoms with Gasteiger partial charge < -0.3 is 16.0 Å². The number of benzene rings is 2. The molecule has 0 spiro atoms. The van der Waals surface area contributed by atoms with Crippen LogP contribution in [0.15, 0.2) is 53.0 Å². The molecule has 0 aromatic heterocycles. The largest absolute Gasteiger partial charge is 0.339 e. The first-order valence-corrected chi connectivity index (χ1v) is 9.77. The third-order valence-corrected chi connectivity index (χ3v) is 4.96. The molecule has 0 aliphatic heterocycles. The second-order valence-electron chi connectivity index (χ2n) is 5.34. The lowest BCUT2D eigenvalue weighted by Gasteiger charge is -2.28. The zero-order chi connectivity index (χ0) is 19.3. The number of halogens is 4. The van der Waals surface area contributed by atoms with Crippen molar-refractivity contribution in [1.82, 2.24) is 10.6 Å². The Bertz CT molecular complexity index is 814. The molecule has 1 unspecified atom stereocenters. The molecular weight excluding hydrogens is 481 g/mol. The fourth-order valence-corrected chi connectivity index (χ4v) is 3.03. The summed E-state index contributed by atoms with van der Waals surface area (Å²) in [5, 5.41) is 8.66. The molecule has 2 rings (SSSR count). The van der Waals surface area contributed by atoms with E-state index in [1.54, 1.807) is 12.1 Å². The average molecular weight is 496 g/mol. The van der Waals surface area contributed by atoms with E-state index in [2.05, 4.69) is 31.9 Å². The van der Waals surface area contributed by atoms with Gasteiger partial charge in [-0.05, 0) is 58.8 Å². The molecule has 9 heteroatoms. The van der Waals surface area contributed by atoms with E-state index >= 15 is 0 Å². The first-order chi connectivity index (χ1) is 12.2. The van der Waals surface area contributed by atoms with Gasteiger partial charge in [0.15, 0.2) is 5.11 Å². The molecule has 0 fully saturated rings. The predicted molar refractivity (Wildman–Crippen MR) is 116 cm³/mol. The number of rotatable bonds is 4. The van der Waals surface area contributed by atoms with Crippen molar-refractivity contribution in [3.05, 3.63) is 64.1 Å². The van der Waals surface area contributed by atoms with Gasteiger partial charge >= 0.3 is 0 Å². The van der Waals surface area contributed by atoms with Crippen LogP contribution in [0.4, 0.5) is 5.69 Å². The fourth-order valence-electron chi connectivity index (χ4n) is 2.09. The van der Waals surface area contributed by atoms with Crippen molar-refractivity contribution in [3.8, 4) is 0 Å². The van der Waals surface area contributed by atoms with Crippen LogP contribution in [-0.4, -0.2) is 21.0 Å². The Morgan fingerprint density at radius 2 is 1.69 bits per heavy atom. The molecule has 0 saturated heterocycles. The summed E-state index contributed by atoms with van der Waals surface area (Å²) in [6.07, 6.45) is -1.04. The summed E-state index contributed by atoms with van der Waals surface area (Å²) in [7, 11) is 0. The summed E-state index contributed by atoms with van der Waals surface area (Å²) in [5.41, 5.74) is 2.03. The molecule has 0 radical (unpaired) electrons. The van der Waals surface area contributed by atoms with Crippen LogP contribution in [0.1, 0.15) is 15.9 Å². The summed E-state index contributed by atoms with van der Waals surface area (Å²) in [4.78, 5) is 12.5. The molecule has 0 aliphatic carbocycles. The first-order valence-electron chi connectivity index (χ1n) is 7.43. The molecule has 0 heterocycles. The van der Waals surface area contributed by atoms with Crippen molar-refractivity contribution in [1.29, 1.82) is 0 Å². The number of anilines is 1. The Kier molecular flexibility index (Phi) is 7.55. The number of para-hydroxylation sites is 1. The van der Waals surface area contributed by atoms with Crippen molar-refractivity contribution in [3.63, 3.8) is 0 Å². The minimum absolute atomic E-state index is 0.193. The van der Waals surface area contributed by atoms with Crippen molar-refractivity contribution < 1.29 is 4.79 Å². The zero-order valence-electron chi connectivity index (χ0n) is 13.5. The van der Waals surface area contributed by atoms with Crippen LogP contribution in [0, 0.1) is 6.92 Å². The Morgan fingerprint density at radius 1 is 1.08 bits per heavy atom. The van der Waals surface area contributed by atoms with E-state index in [1.807, 2.05) is 43.3 Å². The van der Waals surface area contributed by atoms with Gasteiger partial charge in [0.2, 0.25) is 3.79 Å². The summed E-state index contributed by atoms with van der Waals surface area (Å²) in [5.74, 6) is -0.379. The molecule has 2 aromatic rings. The monoisotopic (exact) mass is 493 g/mol. The van der Waals surface area contributed by atoms with E-state index in [4.69, 9.17) is 47.0 Å². The molecular formula is C17H15BrCl3N3OS. The molecule has 0 saturated carbocycles. The van der Waals surface area contributed by atoms with Crippen molar-refractivity contribution >= 4 is 79.7 Å². The van der Waals surface area contributed by atoms with E-state index < -0.39 is 9.96 Å². The number of amides is 1. The smallest absolute Gasteiger partial charge is 0.253 e. The lowest BCUT2D eigenvalue weighted by Crippen LogP contribution is -2.56. The molecule has 1 amide bonds. The summed E-state index contributed by atoms with van der Waals surface area (Å²) >= 11 is 26.7. The van der Waals surface area contributed by atoms with Gasteiger partial charge in [0.1, 0.15) is 6.17 Å². The summed E-state index contributed by atoms with van der Waals surface area (Å²) < 4.78 is -1.00. The Morgan fingerprint density at radius 3 is 2.31 bits per heavy atom. The van der Waals surface area contributed by atoms with Crippen molar-refractivity contribution in [2.75, 3.05) is 5.32 Å². The standard InChI is InChI=1S/C17H15BrCl3N3OS/c1-10-6-2-3-7-11(10)14(25)23-15(17(19,20)21)24-16(26)22-13-9-5-4-8-12(13)18/h2-9,15H,1H3,(H,23,25)(H2,22,24,26). The number of nitrogens with one attached hydrogen (secondary N) is 3. The third kappa shape index (κ3) is 5.99. The van der Waals surface area contributed by atoms with Gasteiger partial charge in [0.05, 0.1) is 5.69 Å². The maximum atomic E-state index is 12.5. The van der Waals surface area contributed by atoms with Crippen LogP contribution in [-0.2, 0) is 0 Å². The van der Waals surface area contributed by atoms with Crippen LogP contribution < -0.4 is 16.0 Å². The van der Waals surface area contributed by atoms with Crippen LogP contribution in [0.25, 0.3) is 0 Å². The van der Waals surface area contributed by atoms with Crippen molar-refractivity contribution in [2.24, 2.45) is 0 Å². The van der Waals surface area contributed by atoms with Gasteiger partial charge in [-0.1, -0.05) is 65.1 Å². The number of carbonyl (C=O) groups excluding carboxylic acids is 1. The van der Waals surface area contributed by atoms with E-state index in [0.717, 1.165) is 15.7 Å². The Balaban J connectivity index is 2.10. The number of aryl methyl sites for hydroxylation is 1. The quantitative estimate of drug-likeness (QED) is 0.311. The molecule has 1 atom stereocenters. The SMILES string of the molecule is Cc1ccccc1C(=O)NC(NC(=S)Nc1ccccc1Br)C(Cl)(Cl)Cl. The zero-order valence-corrected chi connectivity index (χ0v) is 18.2. The number of hydrogen-bond donors (Lipinski definition) is 3. The molecule has 2 aromatic carbocycles. The number of alkyl halides is 3. The highest BCUT2D eigenvalue weighted by Crippen LogP contribution is 2.29. The van der Waals surface area contributed by atoms with E-state index in [9.17, 15) is 4.79 Å². The molecule has 0 aliphatic rings.